The van der Waals surface area contributed by atoms with Gasteiger partial charge in [-0.05, 0) is 116 Å². The highest BCUT2D eigenvalue weighted by molar-refractivity contribution is 6.09. The summed E-state index contributed by atoms with van der Waals surface area (Å²) in [4.78, 5) is 2.46. The van der Waals surface area contributed by atoms with Crippen LogP contribution in [0.4, 0.5) is 17.1 Å². The zero-order chi connectivity index (χ0) is 38.9. The van der Waals surface area contributed by atoms with E-state index >= 15 is 0 Å². The Kier molecular flexibility index (Phi) is 6.54. The molecular weight excluding hydrogens is 715 g/mol. The number of fused-ring (bicyclic) bond motifs is 16. The van der Waals surface area contributed by atoms with E-state index in [0.29, 0.717) is 0 Å². The smallest absolute Gasteiger partial charge is 0.140 e. The topological polar surface area (TPSA) is 16.4 Å². The summed E-state index contributed by atoms with van der Waals surface area (Å²) in [5.41, 5.74) is 21.0. The number of hydrogen-bond donors (Lipinski definition) is 0. The van der Waals surface area contributed by atoms with Gasteiger partial charge in [-0.15, -0.1) is 0 Å². The van der Waals surface area contributed by atoms with Crippen molar-refractivity contribution in [1.82, 2.24) is 0 Å². The van der Waals surface area contributed by atoms with Crippen LogP contribution < -0.4 is 4.90 Å². The fourth-order valence-electron chi connectivity index (χ4n) is 11.3. The summed E-state index contributed by atoms with van der Waals surface area (Å²) in [5, 5.41) is 2.23. The van der Waals surface area contributed by atoms with E-state index in [1.807, 2.05) is 0 Å². The number of nitrogens with zero attached hydrogens (tertiary/aromatic N) is 1. The van der Waals surface area contributed by atoms with Crippen molar-refractivity contribution in [1.29, 1.82) is 0 Å². The molecular formula is C57H37NO. The van der Waals surface area contributed by atoms with Crippen molar-refractivity contribution >= 4 is 39.0 Å². The first kappa shape index (κ1) is 32.6. The van der Waals surface area contributed by atoms with Crippen molar-refractivity contribution in [3.05, 3.63) is 245 Å². The summed E-state index contributed by atoms with van der Waals surface area (Å²) in [6.45, 7) is 2.39. The standard InChI is InChI=1S/C57H37NO/c1-56(47-25-11-5-19-39(47)40-20-6-12-26-48(40)56)53-35-38(33-46-45-24-10-16-30-54(45)59-55(46)53)58(36-17-3-2-4-18-36)37-31-32-44-43-23-9-15-29-51(43)57(52(44)34-37)49-27-13-7-21-41(49)42-22-8-14-28-50(42)57/h2-35H,1H3. The van der Waals surface area contributed by atoms with Crippen molar-refractivity contribution in [3.63, 3.8) is 0 Å². The average molecular weight is 752 g/mol. The van der Waals surface area contributed by atoms with Gasteiger partial charge < -0.3 is 9.32 Å². The van der Waals surface area contributed by atoms with Crippen molar-refractivity contribution < 1.29 is 4.42 Å². The van der Waals surface area contributed by atoms with Crippen LogP contribution in [0, 0.1) is 0 Å². The molecule has 2 nitrogen and oxygen atoms in total. The van der Waals surface area contributed by atoms with Crippen molar-refractivity contribution in [3.8, 4) is 33.4 Å². The Hall–Kier alpha value is -7.42. The lowest BCUT2D eigenvalue weighted by molar-refractivity contribution is 0.638. The van der Waals surface area contributed by atoms with Crippen molar-refractivity contribution in [2.24, 2.45) is 0 Å². The molecule has 2 heteroatoms. The zero-order valence-corrected chi connectivity index (χ0v) is 32.5. The van der Waals surface area contributed by atoms with Crippen LogP contribution in [0.1, 0.15) is 45.9 Å². The van der Waals surface area contributed by atoms with E-state index in [-0.39, 0.29) is 0 Å². The molecule has 10 aromatic rings. The second-order valence-corrected chi connectivity index (χ2v) is 16.5. The molecule has 1 aromatic heterocycles. The quantitative estimate of drug-likeness (QED) is 0.178. The first-order chi connectivity index (χ1) is 29.2. The lowest BCUT2D eigenvalue weighted by Crippen LogP contribution is -2.26. The highest BCUT2D eigenvalue weighted by Gasteiger charge is 2.52. The van der Waals surface area contributed by atoms with E-state index in [4.69, 9.17) is 4.42 Å². The summed E-state index contributed by atoms with van der Waals surface area (Å²) >= 11 is 0. The second kappa shape index (κ2) is 11.8. The molecule has 0 radical (unpaired) electrons. The molecule has 0 atom stereocenters. The molecule has 1 spiro atoms. The Morgan fingerprint density at radius 1 is 0.339 bits per heavy atom. The van der Waals surface area contributed by atoms with Gasteiger partial charge in [0.15, 0.2) is 0 Å². The first-order valence-corrected chi connectivity index (χ1v) is 20.6. The molecule has 0 N–H and O–H groups in total. The lowest BCUT2D eigenvalue weighted by atomic mass is 9.70. The fourth-order valence-corrected chi connectivity index (χ4v) is 11.3. The molecule has 9 aromatic carbocycles. The first-order valence-electron chi connectivity index (χ1n) is 20.6. The van der Waals surface area contributed by atoms with Crippen LogP contribution in [0.3, 0.4) is 0 Å². The van der Waals surface area contributed by atoms with E-state index in [2.05, 4.69) is 218 Å². The Morgan fingerprint density at radius 3 is 1.39 bits per heavy atom. The highest BCUT2D eigenvalue weighted by Crippen LogP contribution is 2.63. The van der Waals surface area contributed by atoms with E-state index in [1.54, 1.807) is 0 Å². The maximum Gasteiger partial charge on any atom is 0.140 e. The van der Waals surface area contributed by atoms with Crippen LogP contribution in [0.15, 0.2) is 211 Å². The molecule has 59 heavy (non-hydrogen) atoms. The number of para-hydroxylation sites is 2. The molecule has 3 aliphatic carbocycles. The summed E-state index contributed by atoms with van der Waals surface area (Å²) < 4.78 is 6.95. The SMILES string of the molecule is CC1(c2cc(N(c3ccccc3)c3ccc4c(c3)C3(c5ccccc5-c5ccccc53)c3ccccc3-4)cc3c2oc2ccccc23)c2ccccc2-c2ccccc21. The third-order valence-corrected chi connectivity index (χ3v) is 13.7. The van der Waals surface area contributed by atoms with Crippen LogP contribution in [0.2, 0.25) is 0 Å². The second-order valence-electron chi connectivity index (χ2n) is 16.5. The largest absolute Gasteiger partial charge is 0.456 e. The fraction of sp³-hybridized carbons (Fsp3) is 0.0526. The van der Waals surface area contributed by atoms with Gasteiger partial charge in [0.1, 0.15) is 11.2 Å². The Balaban J connectivity index is 1.11. The molecule has 0 bridgehead atoms. The summed E-state index contributed by atoms with van der Waals surface area (Å²) in [5.74, 6) is 0. The molecule has 3 aliphatic rings. The van der Waals surface area contributed by atoms with Gasteiger partial charge in [-0.25, -0.2) is 0 Å². The Morgan fingerprint density at radius 2 is 0.797 bits per heavy atom. The molecule has 0 saturated carbocycles. The predicted molar refractivity (Wildman–Crippen MR) is 242 cm³/mol. The maximum atomic E-state index is 6.95. The molecule has 276 valence electrons. The van der Waals surface area contributed by atoms with Crippen molar-refractivity contribution in [2.75, 3.05) is 4.90 Å². The average Bonchev–Trinajstić information content (AvgIpc) is 4.00. The lowest BCUT2D eigenvalue weighted by Gasteiger charge is -2.33. The number of benzene rings is 9. The van der Waals surface area contributed by atoms with Gasteiger partial charge in [0.05, 0.1) is 5.41 Å². The molecule has 13 rings (SSSR count). The minimum absolute atomic E-state index is 0.446. The van der Waals surface area contributed by atoms with E-state index in [0.717, 1.165) is 44.6 Å². The molecule has 0 saturated heterocycles. The van der Waals surface area contributed by atoms with Crippen LogP contribution in [-0.2, 0) is 10.8 Å². The van der Waals surface area contributed by atoms with Crippen molar-refractivity contribution in [2.45, 2.75) is 17.8 Å². The van der Waals surface area contributed by atoms with Gasteiger partial charge in [0.25, 0.3) is 0 Å². The van der Waals surface area contributed by atoms with Gasteiger partial charge in [0.2, 0.25) is 0 Å². The molecule has 0 unspecified atom stereocenters. The molecule has 1 heterocycles. The van der Waals surface area contributed by atoms with Crippen LogP contribution >= 0.6 is 0 Å². The summed E-state index contributed by atoms with van der Waals surface area (Å²) in [6, 6.07) is 76.3. The van der Waals surface area contributed by atoms with Gasteiger partial charge in [-0.2, -0.15) is 0 Å². The summed E-state index contributed by atoms with van der Waals surface area (Å²) in [7, 11) is 0. The highest BCUT2D eigenvalue weighted by atomic mass is 16.3. The number of anilines is 3. The van der Waals surface area contributed by atoms with Crippen LogP contribution in [0.5, 0.6) is 0 Å². The third-order valence-electron chi connectivity index (χ3n) is 13.7. The van der Waals surface area contributed by atoms with E-state index < -0.39 is 10.8 Å². The van der Waals surface area contributed by atoms with Gasteiger partial charge in [-0.1, -0.05) is 164 Å². The zero-order valence-electron chi connectivity index (χ0n) is 32.5. The number of rotatable bonds is 4. The van der Waals surface area contributed by atoms with Gasteiger partial charge >= 0.3 is 0 Å². The normalized spacial score (nSPS) is 14.5. The molecule has 0 aliphatic heterocycles. The predicted octanol–water partition coefficient (Wildman–Crippen LogP) is 14.7. The maximum absolute atomic E-state index is 6.95. The third kappa shape index (κ3) is 4.15. The number of hydrogen-bond acceptors (Lipinski definition) is 2. The van der Waals surface area contributed by atoms with Gasteiger partial charge in [0, 0.05) is 38.8 Å². The number of furan rings is 1. The minimum atomic E-state index is -0.474. The van der Waals surface area contributed by atoms with E-state index in [9.17, 15) is 0 Å². The Bertz CT molecular complexity index is 3260. The van der Waals surface area contributed by atoms with Crippen LogP contribution in [0.25, 0.3) is 55.3 Å². The van der Waals surface area contributed by atoms with Crippen LogP contribution in [-0.4, -0.2) is 0 Å². The minimum Gasteiger partial charge on any atom is -0.456 e. The Labute approximate surface area is 343 Å². The van der Waals surface area contributed by atoms with E-state index in [1.165, 1.54) is 66.8 Å². The monoisotopic (exact) mass is 751 g/mol. The molecule has 0 amide bonds. The summed E-state index contributed by atoms with van der Waals surface area (Å²) in [6.07, 6.45) is 0. The van der Waals surface area contributed by atoms with Gasteiger partial charge in [-0.3, -0.25) is 0 Å². The molecule has 0 fully saturated rings.